The first-order valence-corrected chi connectivity index (χ1v) is 8.79. The SMILES string of the molecule is CCc1ccc(N2C[C@@H](C(=O)OCC(=O)NC(=O)NCC(F)(F)F)CC2=O)cc1. The highest BCUT2D eigenvalue weighted by Gasteiger charge is 2.36. The number of carbonyl (C=O) groups excluding carboxylic acids is 4. The van der Waals surface area contributed by atoms with Gasteiger partial charge in [-0.15, -0.1) is 0 Å². The molecule has 2 N–H and O–H groups in total. The van der Waals surface area contributed by atoms with E-state index in [4.69, 9.17) is 4.74 Å². The van der Waals surface area contributed by atoms with Gasteiger partial charge in [-0.25, -0.2) is 4.79 Å². The van der Waals surface area contributed by atoms with Gasteiger partial charge in [0.1, 0.15) is 6.54 Å². The first kappa shape index (κ1) is 22.2. The summed E-state index contributed by atoms with van der Waals surface area (Å²) in [7, 11) is 0. The molecule has 158 valence electrons. The smallest absolute Gasteiger partial charge is 0.405 e. The number of ether oxygens (including phenoxy) is 1. The number of urea groups is 1. The summed E-state index contributed by atoms with van der Waals surface area (Å²) in [5.74, 6) is -2.96. The molecule has 1 aromatic rings. The van der Waals surface area contributed by atoms with Gasteiger partial charge in [0, 0.05) is 18.7 Å². The molecular formula is C18H20F3N3O5. The fraction of sp³-hybridized carbons (Fsp3) is 0.444. The van der Waals surface area contributed by atoms with Crippen molar-refractivity contribution in [3.05, 3.63) is 29.8 Å². The molecule has 0 saturated carbocycles. The number of carbonyl (C=O) groups is 4. The van der Waals surface area contributed by atoms with E-state index in [2.05, 4.69) is 0 Å². The first-order chi connectivity index (χ1) is 13.6. The Balaban J connectivity index is 1.80. The van der Waals surface area contributed by atoms with Gasteiger partial charge < -0.3 is 15.0 Å². The van der Waals surface area contributed by atoms with E-state index in [0.29, 0.717) is 5.69 Å². The number of rotatable bonds is 6. The second kappa shape index (κ2) is 9.39. The van der Waals surface area contributed by atoms with Crippen molar-refractivity contribution in [1.82, 2.24) is 10.6 Å². The molecule has 0 radical (unpaired) electrons. The fourth-order valence-electron chi connectivity index (χ4n) is 2.67. The van der Waals surface area contributed by atoms with Crippen LogP contribution in [-0.2, 0) is 25.5 Å². The Morgan fingerprint density at radius 2 is 1.86 bits per heavy atom. The van der Waals surface area contributed by atoms with Crippen LogP contribution >= 0.6 is 0 Å². The van der Waals surface area contributed by atoms with Crippen LogP contribution in [0.25, 0.3) is 0 Å². The van der Waals surface area contributed by atoms with Crippen LogP contribution in [0.5, 0.6) is 0 Å². The number of esters is 1. The van der Waals surface area contributed by atoms with Crippen molar-refractivity contribution >= 4 is 29.5 Å². The zero-order chi connectivity index (χ0) is 21.6. The molecule has 1 aliphatic rings. The van der Waals surface area contributed by atoms with Crippen LogP contribution in [-0.4, -0.2) is 49.7 Å². The summed E-state index contributed by atoms with van der Waals surface area (Å²) in [5, 5.41) is 3.06. The van der Waals surface area contributed by atoms with Gasteiger partial charge >= 0.3 is 18.2 Å². The van der Waals surface area contributed by atoms with Gasteiger partial charge in [0.2, 0.25) is 5.91 Å². The van der Waals surface area contributed by atoms with Crippen molar-refractivity contribution in [3.8, 4) is 0 Å². The lowest BCUT2D eigenvalue weighted by molar-refractivity contribution is -0.152. The average Bonchev–Trinajstić information content (AvgIpc) is 3.06. The van der Waals surface area contributed by atoms with Crippen molar-refractivity contribution in [1.29, 1.82) is 0 Å². The summed E-state index contributed by atoms with van der Waals surface area (Å²) in [6.07, 6.45) is -3.87. The van der Waals surface area contributed by atoms with E-state index in [1.54, 1.807) is 17.4 Å². The third-order valence-electron chi connectivity index (χ3n) is 4.16. The topological polar surface area (TPSA) is 105 Å². The van der Waals surface area contributed by atoms with Gasteiger partial charge in [-0.3, -0.25) is 19.7 Å². The summed E-state index contributed by atoms with van der Waals surface area (Å²) in [6.45, 7) is -0.381. The Kier molecular flexibility index (Phi) is 7.18. The second-order valence-corrected chi connectivity index (χ2v) is 6.38. The molecule has 0 unspecified atom stereocenters. The lowest BCUT2D eigenvalue weighted by Crippen LogP contribution is -2.44. The number of alkyl halides is 3. The predicted molar refractivity (Wildman–Crippen MR) is 94.8 cm³/mol. The Labute approximate surface area is 164 Å². The minimum Gasteiger partial charge on any atom is -0.455 e. The van der Waals surface area contributed by atoms with Gasteiger partial charge in [0.05, 0.1) is 5.92 Å². The van der Waals surface area contributed by atoms with Crippen LogP contribution in [0.3, 0.4) is 0 Å². The summed E-state index contributed by atoms with van der Waals surface area (Å²) in [6, 6.07) is 5.95. The number of aryl methyl sites for hydroxylation is 1. The quantitative estimate of drug-likeness (QED) is 0.686. The number of nitrogens with zero attached hydrogens (tertiary/aromatic N) is 1. The standard InChI is InChI=1S/C18H20F3N3O5/c1-2-11-3-5-13(6-4-11)24-8-12(7-15(24)26)16(27)29-9-14(25)23-17(28)22-10-18(19,20)21/h3-6,12H,2,7-10H2,1H3,(H2,22,23,25,28)/t12-/m0/s1. The molecule has 29 heavy (non-hydrogen) atoms. The Morgan fingerprint density at radius 3 is 2.45 bits per heavy atom. The van der Waals surface area contributed by atoms with Gasteiger partial charge in [-0.1, -0.05) is 19.1 Å². The lowest BCUT2D eigenvalue weighted by atomic mass is 10.1. The second-order valence-electron chi connectivity index (χ2n) is 6.38. The molecule has 0 bridgehead atoms. The normalized spacial score (nSPS) is 16.5. The average molecular weight is 415 g/mol. The summed E-state index contributed by atoms with van der Waals surface area (Å²) in [5.41, 5.74) is 1.74. The van der Waals surface area contributed by atoms with Gasteiger partial charge in [0.25, 0.3) is 5.91 Å². The predicted octanol–water partition coefficient (Wildman–Crippen LogP) is 1.53. The summed E-state index contributed by atoms with van der Waals surface area (Å²) >= 11 is 0. The van der Waals surface area contributed by atoms with E-state index >= 15 is 0 Å². The highest BCUT2D eigenvalue weighted by Crippen LogP contribution is 2.26. The number of anilines is 1. The molecule has 0 aromatic heterocycles. The highest BCUT2D eigenvalue weighted by atomic mass is 19.4. The Morgan fingerprint density at radius 1 is 1.21 bits per heavy atom. The molecule has 1 atom stereocenters. The van der Waals surface area contributed by atoms with E-state index in [9.17, 15) is 32.3 Å². The molecule has 0 spiro atoms. The number of imide groups is 1. The van der Waals surface area contributed by atoms with Crippen molar-refractivity contribution in [2.45, 2.75) is 25.9 Å². The van der Waals surface area contributed by atoms with E-state index < -0.39 is 43.2 Å². The van der Waals surface area contributed by atoms with E-state index in [1.165, 1.54) is 10.2 Å². The summed E-state index contributed by atoms with van der Waals surface area (Å²) < 4.78 is 40.7. The lowest BCUT2D eigenvalue weighted by Gasteiger charge is -2.17. The molecule has 1 aromatic carbocycles. The maximum atomic E-state index is 12.2. The van der Waals surface area contributed by atoms with Crippen LogP contribution in [0.2, 0.25) is 0 Å². The molecule has 8 nitrogen and oxygen atoms in total. The molecule has 4 amide bonds. The van der Waals surface area contributed by atoms with Gasteiger partial charge in [-0.05, 0) is 24.1 Å². The largest absolute Gasteiger partial charge is 0.455 e. The zero-order valence-corrected chi connectivity index (χ0v) is 15.5. The van der Waals surface area contributed by atoms with Crippen LogP contribution in [0.15, 0.2) is 24.3 Å². The third-order valence-corrected chi connectivity index (χ3v) is 4.16. The van der Waals surface area contributed by atoms with E-state index in [0.717, 1.165) is 12.0 Å². The third kappa shape index (κ3) is 6.77. The Hall–Kier alpha value is -3.11. The fourth-order valence-corrected chi connectivity index (χ4v) is 2.67. The van der Waals surface area contributed by atoms with Crippen molar-refractivity contribution < 1.29 is 37.1 Å². The van der Waals surface area contributed by atoms with E-state index in [-0.39, 0.29) is 18.9 Å². The van der Waals surface area contributed by atoms with Gasteiger partial charge in [-0.2, -0.15) is 13.2 Å². The van der Waals surface area contributed by atoms with Gasteiger partial charge in [0.15, 0.2) is 6.61 Å². The maximum absolute atomic E-state index is 12.2. The molecule has 0 aliphatic carbocycles. The monoisotopic (exact) mass is 415 g/mol. The van der Waals surface area contributed by atoms with Crippen molar-refractivity contribution in [2.24, 2.45) is 5.92 Å². The number of hydrogen-bond donors (Lipinski definition) is 2. The minimum atomic E-state index is -4.62. The molecule has 1 saturated heterocycles. The Bertz CT molecular complexity index is 780. The molecule has 2 rings (SSSR count). The molecule has 1 aliphatic heterocycles. The maximum Gasteiger partial charge on any atom is 0.405 e. The number of benzene rings is 1. The van der Waals surface area contributed by atoms with Crippen LogP contribution < -0.4 is 15.5 Å². The van der Waals surface area contributed by atoms with Crippen molar-refractivity contribution in [3.63, 3.8) is 0 Å². The summed E-state index contributed by atoms with van der Waals surface area (Å²) in [4.78, 5) is 48.4. The van der Waals surface area contributed by atoms with Crippen LogP contribution in [0, 0.1) is 5.92 Å². The molecular weight excluding hydrogens is 395 g/mol. The molecule has 1 heterocycles. The van der Waals surface area contributed by atoms with Crippen molar-refractivity contribution in [2.75, 3.05) is 24.6 Å². The molecule has 1 fully saturated rings. The van der Waals surface area contributed by atoms with Crippen LogP contribution in [0.4, 0.5) is 23.7 Å². The van der Waals surface area contributed by atoms with E-state index in [1.807, 2.05) is 19.1 Å². The number of halogens is 3. The number of amides is 4. The molecule has 11 heteroatoms. The number of nitrogens with one attached hydrogen (secondary N) is 2. The zero-order valence-electron chi connectivity index (χ0n) is 15.5. The minimum absolute atomic E-state index is 0.0802. The van der Waals surface area contributed by atoms with Crippen LogP contribution in [0.1, 0.15) is 18.9 Å². The number of hydrogen-bond acceptors (Lipinski definition) is 5. The first-order valence-electron chi connectivity index (χ1n) is 8.79. The highest BCUT2D eigenvalue weighted by molar-refractivity contribution is 6.00.